The molecule has 0 unspecified atom stereocenters. The minimum Gasteiger partial charge on any atom is -0.507 e. The van der Waals surface area contributed by atoms with Crippen LogP contribution in [0.5, 0.6) is 5.75 Å². The molecule has 0 fully saturated rings. The molecule has 0 aliphatic carbocycles. The summed E-state index contributed by atoms with van der Waals surface area (Å²) in [6.07, 6.45) is 3.50. The van der Waals surface area contributed by atoms with Crippen LogP contribution in [0.15, 0.2) is 30.5 Å². The third-order valence-corrected chi connectivity index (χ3v) is 2.99. The van der Waals surface area contributed by atoms with Crippen molar-refractivity contribution in [2.24, 2.45) is 0 Å². The first-order chi connectivity index (χ1) is 9.18. The molecule has 0 saturated carbocycles. The summed E-state index contributed by atoms with van der Waals surface area (Å²) >= 11 is 0. The molecule has 1 aromatic heterocycles. The van der Waals surface area contributed by atoms with Gasteiger partial charge in [0.1, 0.15) is 5.75 Å². The van der Waals surface area contributed by atoms with Crippen LogP contribution >= 0.6 is 0 Å². The number of nitrogens with one attached hydrogen (secondary N) is 2. The second-order valence-electron chi connectivity index (χ2n) is 4.40. The van der Waals surface area contributed by atoms with Crippen LogP contribution in [-0.2, 0) is 6.42 Å². The van der Waals surface area contributed by atoms with Gasteiger partial charge < -0.3 is 10.4 Å². The lowest BCUT2D eigenvalue weighted by Crippen LogP contribution is -2.24. The molecule has 1 amide bonds. The molecule has 0 atom stereocenters. The number of amides is 1. The van der Waals surface area contributed by atoms with Crippen LogP contribution < -0.4 is 5.32 Å². The van der Waals surface area contributed by atoms with E-state index >= 15 is 0 Å². The number of H-pyrrole nitrogens is 1. The first kappa shape index (κ1) is 13.1. The number of phenols is 1. The maximum Gasteiger partial charge on any atom is 0.255 e. The van der Waals surface area contributed by atoms with Crippen LogP contribution in [-0.4, -0.2) is 27.8 Å². The molecule has 0 bridgehead atoms. The van der Waals surface area contributed by atoms with E-state index in [1.165, 1.54) is 6.07 Å². The number of aromatic amines is 1. The zero-order chi connectivity index (χ0) is 13.7. The number of nitrogens with zero attached hydrogens (tertiary/aromatic N) is 1. The summed E-state index contributed by atoms with van der Waals surface area (Å²) in [5, 5.41) is 19.2. The average Bonchev–Trinajstić information content (AvgIpc) is 2.80. The van der Waals surface area contributed by atoms with E-state index < -0.39 is 0 Å². The van der Waals surface area contributed by atoms with Gasteiger partial charge in [0.15, 0.2) is 0 Å². The SMILES string of the molecule is Cc1[nH]ncc1CCCNC(=O)c1ccccc1O. The Morgan fingerprint density at radius 1 is 1.42 bits per heavy atom. The van der Waals surface area contributed by atoms with Gasteiger partial charge in [-0.2, -0.15) is 5.10 Å². The first-order valence-corrected chi connectivity index (χ1v) is 6.23. The number of carbonyl (C=O) groups is 1. The van der Waals surface area contributed by atoms with Gasteiger partial charge in [0.05, 0.1) is 11.8 Å². The van der Waals surface area contributed by atoms with Gasteiger partial charge >= 0.3 is 0 Å². The molecule has 2 aromatic rings. The van der Waals surface area contributed by atoms with Crippen LogP contribution in [0.4, 0.5) is 0 Å². The monoisotopic (exact) mass is 259 g/mol. The Hall–Kier alpha value is -2.30. The minimum absolute atomic E-state index is 0.00526. The summed E-state index contributed by atoms with van der Waals surface area (Å²) in [5.41, 5.74) is 2.53. The van der Waals surface area contributed by atoms with Crippen LogP contribution in [0.3, 0.4) is 0 Å². The zero-order valence-corrected chi connectivity index (χ0v) is 10.8. The van der Waals surface area contributed by atoms with Crippen molar-refractivity contribution in [3.63, 3.8) is 0 Å². The molecule has 0 radical (unpaired) electrons. The normalized spacial score (nSPS) is 10.4. The van der Waals surface area contributed by atoms with E-state index in [0.29, 0.717) is 12.1 Å². The van der Waals surface area contributed by atoms with Crippen LogP contribution in [0.1, 0.15) is 28.0 Å². The summed E-state index contributed by atoms with van der Waals surface area (Å²) in [7, 11) is 0. The number of hydrogen-bond acceptors (Lipinski definition) is 3. The van der Waals surface area contributed by atoms with E-state index in [1.807, 2.05) is 6.92 Å². The van der Waals surface area contributed by atoms with E-state index in [2.05, 4.69) is 15.5 Å². The lowest BCUT2D eigenvalue weighted by molar-refractivity contribution is 0.0950. The molecule has 5 nitrogen and oxygen atoms in total. The number of carbonyl (C=O) groups excluding carboxylic acids is 1. The smallest absolute Gasteiger partial charge is 0.255 e. The van der Waals surface area contributed by atoms with Gasteiger partial charge in [-0.05, 0) is 37.5 Å². The largest absolute Gasteiger partial charge is 0.507 e. The Morgan fingerprint density at radius 3 is 2.89 bits per heavy atom. The lowest BCUT2D eigenvalue weighted by Gasteiger charge is -2.06. The van der Waals surface area contributed by atoms with E-state index in [0.717, 1.165) is 24.1 Å². The number of aromatic nitrogens is 2. The van der Waals surface area contributed by atoms with Crippen molar-refractivity contribution in [3.05, 3.63) is 47.3 Å². The van der Waals surface area contributed by atoms with Crippen molar-refractivity contribution in [1.29, 1.82) is 0 Å². The molecule has 0 aliphatic rings. The number of benzene rings is 1. The Bertz CT molecular complexity index is 563. The van der Waals surface area contributed by atoms with Crippen molar-refractivity contribution >= 4 is 5.91 Å². The quantitative estimate of drug-likeness (QED) is 0.716. The van der Waals surface area contributed by atoms with Gasteiger partial charge in [-0.15, -0.1) is 0 Å². The minimum atomic E-state index is -0.248. The van der Waals surface area contributed by atoms with Gasteiger partial charge in [0.25, 0.3) is 5.91 Å². The molecular formula is C14H17N3O2. The third kappa shape index (κ3) is 3.34. The average molecular weight is 259 g/mol. The van der Waals surface area contributed by atoms with Crippen molar-refractivity contribution in [3.8, 4) is 5.75 Å². The Morgan fingerprint density at radius 2 is 2.21 bits per heavy atom. The van der Waals surface area contributed by atoms with Crippen LogP contribution in [0.25, 0.3) is 0 Å². The molecule has 0 spiro atoms. The molecule has 19 heavy (non-hydrogen) atoms. The molecule has 0 saturated heterocycles. The fourth-order valence-corrected chi connectivity index (χ4v) is 1.87. The van der Waals surface area contributed by atoms with E-state index in [1.54, 1.807) is 24.4 Å². The predicted octanol–water partition coefficient (Wildman–Crippen LogP) is 1.79. The Labute approximate surface area is 111 Å². The predicted molar refractivity (Wildman–Crippen MR) is 72.1 cm³/mol. The van der Waals surface area contributed by atoms with Crippen LogP contribution in [0, 0.1) is 6.92 Å². The van der Waals surface area contributed by atoms with Crippen molar-refractivity contribution < 1.29 is 9.90 Å². The number of rotatable bonds is 5. The molecule has 0 aliphatic heterocycles. The maximum absolute atomic E-state index is 11.8. The number of hydrogen-bond donors (Lipinski definition) is 3. The van der Waals surface area contributed by atoms with E-state index in [9.17, 15) is 9.90 Å². The number of aryl methyl sites for hydroxylation is 2. The standard InChI is InChI=1S/C14H17N3O2/c1-10-11(9-16-17-10)5-4-8-15-14(19)12-6-2-3-7-13(12)18/h2-3,6-7,9,18H,4-5,8H2,1H3,(H,15,19)(H,16,17). The molecular weight excluding hydrogens is 242 g/mol. The van der Waals surface area contributed by atoms with Gasteiger partial charge in [-0.1, -0.05) is 12.1 Å². The Balaban J connectivity index is 1.79. The molecule has 5 heteroatoms. The molecule has 1 aromatic carbocycles. The number of para-hydroxylation sites is 1. The molecule has 1 heterocycles. The van der Waals surface area contributed by atoms with Crippen molar-refractivity contribution in [2.45, 2.75) is 19.8 Å². The van der Waals surface area contributed by atoms with Crippen LogP contribution in [0.2, 0.25) is 0 Å². The van der Waals surface area contributed by atoms with E-state index in [-0.39, 0.29) is 11.7 Å². The van der Waals surface area contributed by atoms with Crippen molar-refractivity contribution in [1.82, 2.24) is 15.5 Å². The van der Waals surface area contributed by atoms with Gasteiger partial charge in [0, 0.05) is 12.2 Å². The second-order valence-corrected chi connectivity index (χ2v) is 4.40. The molecule has 100 valence electrons. The summed E-state index contributed by atoms with van der Waals surface area (Å²) in [6, 6.07) is 6.52. The second kappa shape index (κ2) is 6.04. The summed E-state index contributed by atoms with van der Waals surface area (Å²) in [4.78, 5) is 11.8. The summed E-state index contributed by atoms with van der Waals surface area (Å²) in [5.74, 6) is -0.243. The topological polar surface area (TPSA) is 78.0 Å². The lowest BCUT2D eigenvalue weighted by atomic mass is 10.1. The molecule has 3 N–H and O–H groups in total. The highest BCUT2D eigenvalue weighted by atomic mass is 16.3. The summed E-state index contributed by atoms with van der Waals surface area (Å²) < 4.78 is 0. The fraction of sp³-hybridized carbons (Fsp3) is 0.286. The maximum atomic E-state index is 11.8. The zero-order valence-electron chi connectivity index (χ0n) is 10.8. The number of aromatic hydroxyl groups is 1. The molecule has 2 rings (SSSR count). The third-order valence-electron chi connectivity index (χ3n) is 2.99. The number of phenolic OH excluding ortho intramolecular Hbond substituents is 1. The highest BCUT2D eigenvalue weighted by molar-refractivity contribution is 5.96. The van der Waals surface area contributed by atoms with Gasteiger partial charge in [0.2, 0.25) is 0 Å². The van der Waals surface area contributed by atoms with Gasteiger partial charge in [-0.25, -0.2) is 0 Å². The summed E-state index contributed by atoms with van der Waals surface area (Å²) in [6.45, 7) is 2.54. The van der Waals surface area contributed by atoms with E-state index in [4.69, 9.17) is 0 Å². The van der Waals surface area contributed by atoms with Crippen molar-refractivity contribution in [2.75, 3.05) is 6.54 Å². The Kier molecular flexibility index (Phi) is 4.18. The fourth-order valence-electron chi connectivity index (χ4n) is 1.87. The highest BCUT2D eigenvalue weighted by Gasteiger charge is 2.09. The highest BCUT2D eigenvalue weighted by Crippen LogP contribution is 2.15. The van der Waals surface area contributed by atoms with Gasteiger partial charge in [-0.3, -0.25) is 9.89 Å². The first-order valence-electron chi connectivity index (χ1n) is 6.23.